The van der Waals surface area contributed by atoms with Gasteiger partial charge in [-0.05, 0) is 36.4 Å². The summed E-state index contributed by atoms with van der Waals surface area (Å²) in [5.74, 6) is 0.517. The molecule has 36 heavy (non-hydrogen) atoms. The van der Waals surface area contributed by atoms with E-state index >= 15 is 0 Å². The van der Waals surface area contributed by atoms with Crippen LogP contribution in [-0.2, 0) is 4.74 Å². The first kappa shape index (κ1) is 22.1. The minimum absolute atomic E-state index is 0.141. The SMILES string of the molecule is CN(C)C(=O)c1n[nH]c2cc(-c3cn4ccnc4c(Nc4ccc(N5CCOCC5)cc4)n3)ccc12. The van der Waals surface area contributed by atoms with E-state index in [-0.39, 0.29) is 5.91 Å². The number of anilines is 3. The molecule has 0 aliphatic carbocycles. The van der Waals surface area contributed by atoms with Gasteiger partial charge >= 0.3 is 0 Å². The quantitative estimate of drug-likeness (QED) is 0.395. The molecule has 4 heterocycles. The van der Waals surface area contributed by atoms with Crippen LogP contribution >= 0.6 is 0 Å². The van der Waals surface area contributed by atoms with Gasteiger partial charge in [-0.1, -0.05) is 6.07 Å². The van der Waals surface area contributed by atoms with Crippen molar-refractivity contribution in [1.82, 2.24) is 29.5 Å². The van der Waals surface area contributed by atoms with Crippen molar-refractivity contribution >= 4 is 39.6 Å². The van der Waals surface area contributed by atoms with Crippen LogP contribution < -0.4 is 10.2 Å². The van der Waals surface area contributed by atoms with E-state index in [4.69, 9.17) is 9.72 Å². The standard InChI is InChI=1S/C26H26N8O2/c1-32(2)26(35)23-20-8-3-17(15-21(20)30-31-23)22-16-34-10-9-27-25(34)24(29-22)28-18-4-6-19(7-5-18)33-11-13-36-14-12-33/h3-10,15-16H,11-14H2,1-2H3,(H,28,29)(H,30,31). The van der Waals surface area contributed by atoms with Gasteiger partial charge in [0.25, 0.3) is 5.91 Å². The van der Waals surface area contributed by atoms with Crippen molar-refractivity contribution in [2.24, 2.45) is 0 Å². The molecule has 2 aromatic carbocycles. The number of aromatic amines is 1. The van der Waals surface area contributed by atoms with Crippen LogP contribution in [0.4, 0.5) is 17.2 Å². The van der Waals surface area contributed by atoms with Gasteiger partial charge < -0.3 is 24.3 Å². The van der Waals surface area contributed by atoms with E-state index in [0.717, 1.165) is 59.8 Å². The molecule has 5 aromatic rings. The van der Waals surface area contributed by atoms with E-state index in [2.05, 4.69) is 49.7 Å². The first-order valence-electron chi connectivity index (χ1n) is 11.8. The van der Waals surface area contributed by atoms with Crippen molar-refractivity contribution in [3.63, 3.8) is 0 Å². The van der Waals surface area contributed by atoms with E-state index in [0.29, 0.717) is 11.5 Å². The van der Waals surface area contributed by atoms with Gasteiger partial charge in [0, 0.05) is 68.1 Å². The molecule has 1 fully saturated rings. The fraction of sp³-hybridized carbons (Fsp3) is 0.231. The Balaban J connectivity index is 1.32. The highest BCUT2D eigenvalue weighted by Crippen LogP contribution is 2.28. The third-order valence-electron chi connectivity index (χ3n) is 6.35. The molecule has 1 aliphatic rings. The molecular formula is C26H26N8O2. The monoisotopic (exact) mass is 482 g/mol. The topological polar surface area (TPSA) is 104 Å². The number of ether oxygens (including phenoxy) is 1. The third-order valence-corrected chi connectivity index (χ3v) is 6.35. The second-order valence-corrected chi connectivity index (χ2v) is 8.94. The molecule has 0 radical (unpaired) electrons. The zero-order chi connectivity index (χ0) is 24.6. The average molecular weight is 483 g/mol. The molecule has 1 amide bonds. The van der Waals surface area contributed by atoms with Gasteiger partial charge in [0.1, 0.15) is 0 Å². The van der Waals surface area contributed by atoms with Crippen molar-refractivity contribution in [3.05, 3.63) is 66.7 Å². The second-order valence-electron chi connectivity index (χ2n) is 8.94. The first-order valence-corrected chi connectivity index (χ1v) is 11.8. The number of fused-ring (bicyclic) bond motifs is 2. The summed E-state index contributed by atoms with van der Waals surface area (Å²) in [6.45, 7) is 3.31. The van der Waals surface area contributed by atoms with Crippen molar-refractivity contribution in [2.75, 3.05) is 50.6 Å². The highest BCUT2D eigenvalue weighted by atomic mass is 16.5. The highest BCUT2D eigenvalue weighted by Gasteiger charge is 2.17. The number of hydrogen-bond acceptors (Lipinski definition) is 7. The fourth-order valence-electron chi connectivity index (χ4n) is 4.42. The zero-order valence-electron chi connectivity index (χ0n) is 20.1. The Morgan fingerprint density at radius 2 is 1.92 bits per heavy atom. The van der Waals surface area contributed by atoms with Crippen molar-refractivity contribution in [2.45, 2.75) is 0 Å². The molecule has 10 heteroatoms. The number of nitrogens with one attached hydrogen (secondary N) is 2. The van der Waals surface area contributed by atoms with Crippen LogP contribution in [0.2, 0.25) is 0 Å². The van der Waals surface area contributed by atoms with E-state index in [1.807, 2.05) is 35.0 Å². The number of hydrogen-bond donors (Lipinski definition) is 2. The number of H-pyrrole nitrogens is 1. The zero-order valence-corrected chi connectivity index (χ0v) is 20.1. The summed E-state index contributed by atoms with van der Waals surface area (Å²) >= 11 is 0. The molecule has 2 N–H and O–H groups in total. The maximum Gasteiger partial charge on any atom is 0.274 e. The number of benzene rings is 2. The van der Waals surface area contributed by atoms with E-state index < -0.39 is 0 Å². The Bertz CT molecular complexity index is 1550. The van der Waals surface area contributed by atoms with Crippen LogP contribution in [0, 0.1) is 0 Å². The molecule has 0 atom stereocenters. The molecule has 0 bridgehead atoms. The van der Waals surface area contributed by atoms with Crippen LogP contribution in [0.3, 0.4) is 0 Å². The number of rotatable bonds is 5. The molecule has 0 saturated carbocycles. The molecule has 6 rings (SSSR count). The second kappa shape index (κ2) is 8.97. The Morgan fingerprint density at radius 1 is 1.11 bits per heavy atom. The van der Waals surface area contributed by atoms with Crippen LogP contribution in [0.1, 0.15) is 10.5 Å². The van der Waals surface area contributed by atoms with Gasteiger partial charge in [0.05, 0.1) is 24.4 Å². The number of carbonyl (C=O) groups excluding carboxylic acids is 1. The van der Waals surface area contributed by atoms with Crippen molar-refractivity contribution in [3.8, 4) is 11.3 Å². The Hall–Kier alpha value is -4.44. The number of amides is 1. The number of morpholine rings is 1. The van der Waals surface area contributed by atoms with Crippen LogP contribution in [0.15, 0.2) is 61.1 Å². The number of imidazole rings is 1. The molecule has 0 unspecified atom stereocenters. The lowest BCUT2D eigenvalue weighted by atomic mass is 10.1. The predicted octanol–water partition coefficient (Wildman–Crippen LogP) is 3.55. The Kier molecular flexibility index (Phi) is 5.49. The minimum Gasteiger partial charge on any atom is -0.378 e. The molecule has 0 spiro atoms. The lowest BCUT2D eigenvalue weighted by Gasteiger charge is -2.28. The van der Waals surface area contributed by atoms with Crippen molar-refractivity contribution < 1.29 is 9.53 Å². The number of nitrogens with zero attached hydrogens (tertiary/aromatic N) is 6. The summed E-state index contributed by atoms with van der Waals surface area (Å²) in [6, 6.07) is 14.1. The summed E-state index contributed by atoms with van der Waals surface area (Å²) in [5, 5.41) is 11.4. The first-order chi connectivity index (χ1) is 17.6. The molecule has 182 valence electrons. The van der Waals surface area contributed by atoms with E-state index in [1.165, 1.54) is 10.6 Å². The Morgan fingerprint density at radius 3 is 2.69 bits per heavy atom. The molecular weight excluding hydrogens is 456 g/mol. The van der Waals surface area contributed by atoms with Gasteiger partial charge in [-0.2, -0.15) is 5.10 Å². The summed E-state index contributed by atoms with van der Waals surface area (Å²) in [6.07, 6.45) is 5.60. The van der Waals surface area contributed by atoms with Crippen LogP contribution in [0.5, 0.6) is 0 Å². The van der Waals surface area contributed by atoms with E-state index in [1.54, 1.807) is 20.3 Å². The summed E-state index contributed by atoms with van der Waals surface area (Å²) in [5.41, 5.74) is 5.69. The van der Waals surface area contributed by atoms with Gasteiger partial charge in [-0.25, -0.2) is 9.97 Å². The lowest BCUT2D eigenvalue weighted by molar-refractivity contribution is 0.0823. The highest BCUT2D eigenvalue weighted by molar-refractivity contribution is 6.05. The molecule has 10 nitrogen and oxygen atoms in total. The summed E-state index contributed by atoms with van der Waals surface area (Å²) in [7, 11) is 3.43. The van der Waals surface area contributed by atoms with Crippen LogP contribution in [0.25, 0.3) is 27.8 Å². The maximum atomic E-state index is 12.4. The fourth-order valence-corrected chi connectivity index (χ4v) is 4.42. The summed E-state index contributed by atoms with van der Waals surface area (Å²) in [4.78, 5) is 25.6. The molecule has 1 saturated heterocycles. The maximum absolute atomic E-state index is 12.4. The predicted molar refractivity (Wildman–Crippen MR) is 139 cm³/mol. The number of carbonyl (C=O) groups is 1. The smallest absolute Gasteiger partial charge is 0.274 e. The van der Waals surface area contributed by atoms with Gasteiger partial charge in [-0.15, -0.1) is 0 Å². The largest absolute Gasteiger partial charge is 0.378 e. The summed E-state index contributed by atoms with van der Waals surface area (Å²) < 4.78 is 7.40. The average Bonchev–Trinajstić information content (AvgIpc) is 3.56. The van der Waals surface area contributed by atoms with Gasteiger partial charge in [-0.3, -0.25) is 9.89 Å². The Labute approximate surface area is 207 Å². The van der Waals surface area contributed by atoms with Crippen molar-refractivity contribution in [1.29, 1.82) is 0 Å². The number of aromatic nitrogens is 5. The third kappa shape index (κ3) is 4.01. The van der Waals surface area contributed by atoms with Crippen LogP contribution in [-0.4, -0.2) is 75.8 Å². The van der Waals surface area contributed by atoms with Gasteiger partial charge in [0.2, 0.25) is 0 Å². The lowest BCUT2D eigenvalue weighted by Crippen LogP contribution is -2.36. The molecule has 3 aromatic heterocycles. The van der Waals surface area contributed by atoms with E-state index in [9.17, 15) is 4.79 Å². The molecule has 1 aliphatic heterocycles. The minimum atomic E-state index is -0.141. The van der Waals surface area contributed by atoms with Gasteiger partial charge in [0.15, 0.2) is 17.2 Å². The normalized spacial score (nSPS) is 13.9.